The lowest BCUT2D eigenvalue weighted by Crippen LogP contribution is -2.37. The number of aromatic nitrogens is 4. The summed E-state index contributed by atoms with van der Waals surface area (Å²) in [7, 11) is 2.03. The minimum atomic E-state index is 0.253. The normalized spacial score (nSPS) is 17.2. The van der Waals surface area contributed by atoms with Gasteiger partial charge < -0.3 is 20.4 Å². The van der Waals surface area contributed by atoms with E-state index >= 15 is 0 Å². The fraction of sp³-hybridized carbons (Fsp3) is 0.545. The molecule has 0 aliphatic carbocycles. The molecular formula is C11H16N6O. The molecule has 0 saturated carbocycles. The van der Waals surface area contributed by atoms with E-state index in [2.05, 4.69) is 24.8 Å². The predicted octanol–water partition coefficient (Wildman–Crippen LogP) is 0.550. The Hall–Kier alpha value is -1.89. The van der Waals surface area contributed by atoms with E-state index in [1.54, 1.807) is 6.33 Å². The number of hydrogen-bond donors (Lipinski definition) is 2. The summed E-state index contributed by atoms with van der Waals surface area (Å²) in [6.07, 6.45) is 3.60. The molecule has 96 valence electrons. The van der Waals surface area contributed by atoms with Crippen LogP contribution in [0.5, 0.6) is 0 Å². The Kier molecular flexibility index (Phi) is 2.75. The third-order valence-electron chi connectivity index (χ3n) is 3.36. The fourth-order valence-corrected chi connectivity index (χ4v) is 2.33. The molecule has 0 radical (unpaired) electrons. The third-order valence-corrected chi connectivity index (χ3v) is 3.36. The average molecular weight is 248 g/mol. The van der Waals surface area contributed by atoms with Gasteiger partial charge in [-0.05, 0) is 12.8 Å². The SMILES string of the molecule is CN(c1nc(N)nc2nc[nH]c12)C1CCOCC1. The van der Waals surface area contributed by atoms with E-state index in [1.165, 1.54) is 0 Å². The first-order valence-corrected chi connectivity index (χ1v) is 6.03. The average Bonchev–Trinajstić information content (AvgIpc) is 2.86. The van der Waals surface area contributed by atoms with E-state index in [0.717, 1.165) is 37.4 Å². The van der Waals surface area contributed by atoms with Crippen LogP contribution < -0.4 is 10.6 Å². The fourth-order valence-electron chi connectivity index (χ4n) is 2.33. The van der Waals surface area contributed by atoms with Crippen LogP contribution in [0.2, 0.25) is 0 Å². The second-order valence-electron chi connectivity index (χ2n) is 4.46. The number of nitrogens with zero attached hydrogens (tertiary/aromatic N) is 4. The summed E-state index contributed by atoms with van der Waals surface area (Å²) >= 11 is 0. The molecule has 2 aromatic rings. The molecule has 1 aliphatic heterocycles. The van der Waals surface area contributed by atoms with Gasteiger partial charge in [0.25, 0.3) is 0 Å². The van der Waals surface area contributed by atoms with Crippen molar-refractivity contribution in [3.63, 3.8) is 0 Å². The smallest absolute Gasteiger partial charge is 0.224 e. The summed E-state index contributed by atoms with van der Waals surface area (Å²) in [4.78, 5) is 17.8. The standard InChI is InChI=1S/C11H16N6O/c1-17(7-2-4-18-5-3-7)10-8-9(14-6-13-8)15-11(12)16-10/h6-7H,2-5H2,1H3,(H3,12,13,14,15,16). The highest BCUT2D eigenvalue weighted by Crippen LogP contribution is 2.25. The zero-order valence-electron chi connectivity index (χ0n) is 10.3. The third kappa shape index (κ3) is 1.86. The number of nitrogens with two attached hydrogens (primary N) is 1. The molecule has 3 heterocycles. The number of hydrogen-bond acceptors (Lipinski definition) is 6. The summed E-state index contributed by atoms with van der Waals surface area (Å²) in [6, 6.07) is 0.416. The van der Waals surface area contributed by atoms with E-state index in [4.69, 9.17) is 10.5 Å². The molecule has 1 aliphatic rings. The van der Waals surface area contributed by atoms with E-state index < -0.39 is 0 Å². The molecule has 3 N–H and O–H groups in total. The summed E-state index contributed by atoms with van der Waals surface area (Å²) < 4.78 is 5.38. The van der Waals surface area contributed by atoms with Crippen molar-refractivity contribution in [2.24, 2.45) is 0 Å². The van der Waals surface area contributed by atoms with Gasteiger partial charge in [-0.3, -0.25) is 0 Å². The van der Waals surface area contributed by atoms with Crippen molar-refractivity contribution in [2.45, 2.75) is 18.9 Å². The topological polar surface area (TPSA) is 93.0 Å². The molecule has 3 rings (SSSR count). The van der Waals surface area contributed by atoms with Gasteiger partial charge in [0, 0.05) is 26.3 Å². The largest absolute Gasteiger partial charge is 0.381 e. The Morgan fingerprint density at radius 3 is 2.94 bits per heavy atom. The first kappa shape index (κ1) is 11.2. The highest BCUT2D eigenvalue weighted by atomic mass is 16.5. The van der Waals surface area contributed by atoms with Crippen LogP contribution in [0.25, 0.3) is 11.2 Å². The number of nitrogens with one attached hydrogen (secondary N) is 1. The Morgan fingerprint density at radius 2 is 2.17 bits per heavy atom. The van der Waals surface area contributed by atoms with E-state index in [9.17, 15) is 0 Å². The maximum Gasteiger partial charge on any atom is 0.224 e. The lowest BCUT2D eigenvalue weighted by molar-refractivity contribution is 0.0854. The summed E-state index contributed by atoms with van der Waals surface area (Å²) in [5.74, 6) is 1.06. The van der Waals surface area contributed by atoms with Gasteiger partial charge in [0.2, 0.25) is 5.95 Å². The lowest BCUT2D eigenvalue weighted by atomic mass is 10.1. The number of anilines is 2. The molecule has 7 heteroatoms. The first-order valence-electron chi connectivity index (χ1n) is 6.03. The number of aromatic amines is 1. The quantitative estimate of drug-likeness (QED) is 0.806. The van der Waals surface area contributed by atoms with Gasteiger partial charge >= 0.3 is 0 Å². The maximum atomic E-state index is 5.72. The van der Waals surface area contributed by atoms with Crippen molar-refractivity contribution < 1.29 is 4.74 Å². The Bertz CT molecular complexity index is 547. The summed E-state index contributed by atoms with van der Waals surface area (Å²) in [6.45, 7) is 1.59. The number of fused-ring (bicyclic) bond motifs is 1. The summed E-state index contributed by atoms with van der Waals surface area (Å²) in [5.41, 5.74) is 7.16. The minimum absolute atomic E-state index is 0.253. The van der Waals surface area contributed by atoms with Crippen LogP contribution in [-0.4, -0.2) is 46.2 Å². The Labute approximate surface area is 104 Å². The van der Waals surface area contributed by atoms with E-state index in [1.807, 2.05) is 7.05 Å². The van der Waals surface area contributed by atoms with E-state index in [-0.39, 0.29) is 5.95 Å². The van der Waals surface area contributed by atoms with Crippen LogP contribution in [0.4, 0.5) is 11.8 Å². The molecule has 18 heavy (non-hydrogen) atoms. The Morgan fingerprint density at radius 1 is 1.39 bits per heavy atom. The van der Waals surface area contributed by atoms with Crippen molar-refractivity contribution in [2.75, 3.05) is 30.9 Å². The molecule has 0 aromatic carbocycles. The van der Waals surface area contributed by atoms with Gasteiger partial charge in [0.15, 0.2) is 11.5 Å². The molecule has 1 saturated heterocycles. The van der Waals surface area contributed by atoms with Crippen molar-refractivity contribution in [1.82, 2.24) is 19.9 Å². The molecule has 0 spiro atoms. The van der Waals surface area contributed by atoms with Crippen LogP contribution in [0, 0.1) is 0 Å². The maximum absolute atomic E-state index is 5.72. The second kappa shape index (κ2) is 4.41. The van der Waals surface area contributed by atoms with Gasteiger partial charge in [0.05, 0.1) is 6.33 Å². The van der Waals surface area contributed by atoms with Gasteiger partial charge in [-0.15, -0.1) is 0 Å². The van der Waals surface area contributed by atoms with E-state index in [0.29, 0.717) is 11.7 Å². The van der Waals surface area contributed by atoms with Crippen molar-refractivity contribution in [3.05, 3.63) is 6.33 Å². The van der Waals surface area contributed by atoms with Crippen LogP contribution in [-0.2, 0) is 4.74 Å². The Balaban J connectivity index is 1.99. The number of nitrogen functional groups attached to an aromatic ring is 1. The minimum Gasteiger partial charge on any atom is -0.381 e. The molecule has 1 fully saturated rings. The van der Waals surface area contributed by atoms with Crippen LogP contribution in [0.15, 0.2) is 6.33 Å². The molecule has 0 unspecified atom stereocenters. The molecule has 0 bridgehead atoms. The van der Waals surface area contributed by atoms with Gasteiger partial charge in [-0.25, -0.2) is 4.98 Å². The van der Waals surface area contributed by atoms with Crippen molar-refractivity contribution in [3.8, 4) is 0 Å². The second-order valence-corrected chi connectivity index (χ2v) is 4.46. The van der Waals surface area contributed by atoms with Gasteiger partial charge in [0.1, 0.15) is 5.52 Å². The number of H-pyrrole nitrogens is 1. The highest BCUT2D eigenvalue weighted by molar-refractivity contribution is 5.84. The summed E-state index contributed by atoms with van der Waals surface area (Å²) in [5, 5.41) is 0. The zero-order chi connectivity index (χ0) is 12.5. The molecule has 0 atom stereocenters. The van der Waals surface area contributed by atoms with Gasteiger partial charge in [-0.1, -0.05) is 0 Å². The molecule has 2 aromatic heterocycles. The van der Waals surface area contributed by atoms with Crippen molar-refractivity contribution >= 4 is 22.9 Å². The van der Waals surface area contributed by atoms with Gasteiger partial charge in [-0.2, -0.15) is 9.97 Å². The monoisotopic (exact) mass is 248 g/mol. The molecular weight excluding hydrogens is 232 g/mol. The molecule has 0 amide bonds. The number of imidazole rings is 1. The zero-order valence-corrected chi connectivity index (χ0v) is 10.3. The van der Waals surface area contributed by atoms with Crippen LogP contribution >= 0.6 is 0 Å². The first-order chi connectivity index (χ1) is 8.75. The lowest BCUT2D eigenvalue weighted by Gasteiger charge is -2.32. The van der Waals surface area contributed by atoms with Crippen LogP contribution in [0.1, 0.15) is 12.8 Å². The number of rotatable bonds is 2. The van der Waals surface area contributed by atoms with Crippen LogP contribution in [0.3, 0.4) is 0 Å². The predicted molar refractivity (Wildman–Crippen MR) is 68.3 cm³/mol. The van der Waals surface area contributed by atoms with Crippen molar-refractivity contribution in [1.29, 1.82) is 0 Å². The highest BCUT2D eigenvalue weighted by Gasteiger charge is 2.22. The number of ether oxygens (including phenoxy) is 1. The molecule has 7 nitrogen and oxygen atoms in total.